The van der Waals surface area contributed by atoms with Crippen LogP contribution in [0.5, 0.6) is 0 Å². The number of nitrogens with one attached hydrogen (secondary N) is 1. The predicted octanol–water partition coefficient (Wildman–Crippen LogP) is 4.70. The molecule has 28 heavy (non-hydrogen) atoms. The van der Waals surface area contributed by atoms with Crippen molar-refractivity contribution in [3.63, 3.8) is 0 Å². The fourth-order valence-electron chi connectivity index (χ4n) is 3.76. The number of amides is 2. The Balaban J connectivity index is 1.69. The summed E-state index contributed by atoms with van der Waals surface area (Å²) in [5, 5.41) is 12.1. The van der Waals surface area contributed by atoms with E-state index in [0.29, 0.717) is 17.8 Å². The third-order valence-electron chi connectivity index (χ3n) is 5.15. The van der Waals surface area contributed by atoms with Gasteiger partial charge in [0.25, 0.3) is 0 Å². The van der Waals surface area contributed by atoms with Gasteiger partial charge in [-0.2, -0.15) is 5.26 Å². The van der Waals surface area contributed by atoms with Crippen LogP contribution in [0.15, 0.2) is 66.9 Å². The fraction of sp³-hybridized carbons (Fsp3) is 0.217. The standard InChI is InChI=1S/C23H22N4O/c1-17-8-10-19(11-9-17)22-21-7-3-12-26(21)13-4-14-27(22)23(28)25-20-6-2-5-18(15-20)16-24/h2-3,5-12,15,22H,4,13-14H2,1H3,(H,25,28). The topological polar surface area (TPSA) is 61.1 Å². The third kappa shape index (κ3) is 3.49. The van der Waals surface area contributed by atoms with E-state index in [0.717, 1.165) is 24.2 Å². The molecule has 1 aliphatic rings. The normalized spacial score (nSPS) is 16.0. The molecule has 1 unspecified atom stereocenters. The molecule has 4 rings (SSSR count). The van der Waals surface area contributed by atoms with Gasteiger partial charge in [0.15, 0.2) is 0 Å². The monoisotopic (exact) mass is 370 g/mol. The number of carbonyl (C=O) groups is 1. The number of benzene rings is 2. The molecule has 5 heteroatoms. The molecule has 1 atom stereocenters. The van der Waals surface area contributed by atoms with E-state index in [-0.39, 0.29) is 12.1 Å². The lowest BCUT2D eigenvalue weighted by Crippen LogP contribution is -2.38. The summed E-state index contributed by atoms with van der Waals surface area (Å²) in [5.41, 5.74) is 4.55. The molecular weight excluding hydrogens is 348 g/mol. The molecule has 1 aromatic heterocycles. The fourth-order valence-corrected chi connectivity index (χ4v) is 3.76. The molecule has 1 N–H and O–H groups in total. The second-order valence-corrected chi connectivity index (χ2v) is 7.11. The summed E-state index contributed by atoms with van der Waals surface area (Å²) in [7, 11) is 0. The Bertz CT molecular complexity index is 1030. The minimum absolute atomic E-state index is 0.155. The van der Waals surface area contributed by atoms with E-state index in [2.05, 4.69) is 59.4 Å². The number of nitrogens with zero attached hydrogens (tertiary/aromatic N) is 3. The molecule has 3 aromatic rings. The van der Waals surface area contributed by atoms with Gasteiger partial charge in [0.1, 0.15) is 0 Å². The number of nitriles is 1. The van der Waals surface area contributed by atoms with E-state index in [1.54, 1.807) is 24.3 Å². The zero-order chi connectivity index (χ0) is 19.5. The first-order chi connectivity index (χ1) is 13.7. The first-order valence-corrected chi connectivity index (χ1v) is 9.45. The van der Waals surface area contributed by atoms with Crippen LogP contribution in [0.3, 0.4) is 0 Å². The molecule has 2 aromatic carbocycles. The minimum Gasteiger partial charge on any atom is -0.349 e. The van der Waals surface area contributed by atoms with Crippen molar-refractivity contribution in [2.24, 2.45) is 0 Å². The average Bonchev–Trinajstić information content (AvgIpc) is 3.09. The van der Waals surface area contributed by atoms with Crippen LogP contribution < -0.4 is 5.32 Å². The SMILES string of the molecule is Cc1ccc(C2c3cccn3CCCN2C(=O)Nc2cccc(C#N)c2)cc1. The van der Waals surface area contributed by atoms with Gasteiger partial charge in [-0.05, 0) is 49.2 Å². The molecular formula is C23H22N4O. The number of hydrogen-bond donors (Lipinski definition) is 1. The number of urea groups is 1. The number of rotatable bonds is 2. The lowest BCUT2D eigenvalue weighted by molar-refractivity contribution is 0.199. The van der Waals surface area contributed by atoms with E-state index in [9.17, 15) is 4.79 Å². The summed E-state index contributed by atoms with van der Waals surface area (Å²) >= 11 is 0. The maximum absolute atomic E-state index is 13.2. The van der Waals surface area contributed by atoms with Crippen LogP contribution in [-0.4, -0.2) is 22.0 Å². The molecule has 1 aliphatic heterocycles. The summed E-state index contributed by atoms with van der Waals surface area (Å²) in [6.07, 6.45) is 2.96. The largest absolute Gasteiger partial charge is 0.349 e. The van der Waals surface area contributed by atoms with Crippen LogP contribution in [0.2, 0.25) is 0 Å². The molecule has 5 nitrogen and oxygen atoms in total. The summed E-state index contributed by atoms with van der Waals surface area (Å²) in [6, 6.07) is 21.3. The van der Waals surface area contributed by atoms with Crippen molar-refractivity contribution < 1.29 is 4.79 Å². The first kappa shape index (κ1) is 17.9. The summed E-state index contributed by atoms with van der Waals surface area (Å²) < 4.78 is 2.23. The highest BCUT2D eigenvalue weighted by Crippen LogP contribution is 2.32. The summed E-state index contributed by atoms with van der Waals surface area (Å²) in [6.45, 7) is 3.61. The van der Waals surface area contributed by atoms with Crippen LogP contribution in [0, 0.1) is 18.3 Å². The molecule has 0 radical (unpaired) electrons. The highest BCUT2D eigenvalue weighted by molar-refractivity contribution is 5.90. The predicted molar refractivity (Wildman–Crippen MR) is 109 cm³/mol. The second-order valence-electron chi connectivity index (χ2n) is 7.11. The van der Waals surface area contributed by atoms with Crippen molar-refractivity contribution in [2.75, 3.05) is 11.9 Å². The number of fused-ring (bicyclic) bond motifs is 1. The van der Waals surface area contributed by atoms with Gasteiger partial charge >= 0.3 is 6.03 Å². The van der Waals surface area contributed by atoms with Gasteiger partial charge in [-0.1, -0.05) is 35.9 Å². The average molecular weight is 370 g/mol. The number of aromatic nitrogens is 1. The summed E-state index contributed by atoms with van der Waals surface area (Å²) in [5.74, 6) is 0. The van der Waals surface area contributed by atoms with E-state index in [1.807, 2.05) is 11.0 Å². The van der Waals surface area contributed by atoms with Gasteiger partial charge in [-0.25, -0.2) is 4.79 Å². The van der Waals surface area contributed by atoms with Gasteiger partial charge in [0, 0.05) is 30.7 Å². The molecule has 0 saturated heterocycles. The molecule has 0 bridgehead atoms. The highest BCUT2D eigenvalue weighted by Gasteiger charge is 2.30. The molecule has 140 valence electrons. The van der Waals surface area contributed by atoms with E-state index in [1.165, 1.54) is 5.56 Å². The Morgan fingerprint density at radius 1 is 1.11 bits per heavy atom. The summed E-state index contributed by atoms with van der Waals surface area (Å²) in [4.78, 5) is 15.1. The minimum atomic E-state index is -0.157. The Kier molecular flexibility index (Phi) is 4.86. The Morgan fingerprint density at radius 2 is 1.93 bits per heavy atom. The van der Waals surface area contributed by atoms with E-state index >= 15 is 0 Å². The molecule has 0 saturated carbocycles. The molecule has 2 heterocycles. The van der Waals surface area contributed by atoms with Crippen molar-refractivity contribution in [1.29, 1.82) is 5.26 Å². The van der Waals surface area contributed by atoms with Crippen molar-refractivity contribution in [2.45, 2.75) is 25.9 Å². The molecule has 0 spiro atoms. The van der Waals surface area contributed by atoms with Crippen LogP contribution in [0.1, 0.15) is 34.8 Å². The van der Waals surface area contributed by atoms with Crippen molar-refractivity contribution in [3.05, 3.63) is 89.2 Å². The first-order valence-electron chi connectivity index (χ1n) is 9.45. The smallest absolute Gasteiger partial charge is 0.322 e. The van der Waals surface area contributed by atoms with E-state index in [4.69, 9.17) is 5.26 Å². The van der Waals surface area contributed by atoms with Crippen molar-refractivity contribution >= 4 is 11.7 Å². The van der Waals surface area contributed by atoms with Gasteiger partial charge in [-0.3, -0.25) is 0 Å². The Hall–Kier alpha value is -3.52. The third-order valence-corrected chi connectivity index (χ3v) is 5.15. The molecule has 2 amide bonds. The van der Waals surface area contributed by atoms with Gasteiger partial charge in [0.2, 0.25) is 0 Å². The van der Waals surface area contributed by atoms with E-state index < -0.39 is 0 Å². The lowest BCUT2D eigenvalue weighted by Gasteiger charge is -2.31. The molecule has 0 aliphatic carbocycles. The number of hydrogen-bond acceptors (Lipinski definition) is 2. The van der Waals surface area contributed by atoms with Gasteiger partial charge < -0.3 is 14.8 Å². The Morgan fingerprint density at radius 3 is 2.71 bits per heavy atom. The van der Waals surface area contributed by atoms with Crippen molar-refractivity contribution in [1.82, 2.24) is 9.47 Å². The van der Waals surface area contributed by atoms with Crippen molar-refractivity contribution in [3.8, 4) is 6.07 Å². The number of aryl methyl sites for hydroxylation is 2. The highest BCUT2D eigenvalue weighted by atomic mass is 16.2. The quantitative estimate of drug-likeness (QED) is 0.711. The maximum Gasteiger partial charge on any atom is 0.322 e. The van der Waals surface area contributed by atoms with Crippen LogP contribution in [-0.2, 0) is 6.54 Å². The van der Waals surface area contributed by atoms with Gasteiger partial charge in [-0.15, -0.1) is 0 Å². The number of anilines is 1. The van der Waals surface area contributed by atoms with Crippen LogP contribution in [0.25, 0.3) is 0 Å². The maximum atomic E-state index is 13.2. The van der Waals surface area contributed by atoms with Crippen LogP contribution in [0.4, 0.5) is 10.5 Å². The molecule has 0 fully saturated rings. The van der Waals surface area contributed by atoms with Gasteiger partial charge in [0.05, 0.1) is 17.7 Å². The zero-order valence-corrected chi connectivity index (χ0v) is 15.8. The Labute approximate surface area is 164 Å². The zero-order valence-electron chi connectivity index (χ0n) is 15.8. The van der Waals surface area contributed by atoms with Crippen LogP contribution >= 0.6 is 0 Å². The lowest BCUT2D eigenvalue weighted by atomic mass is 10.0. The number of carbonyl (C=O) groups excluding carboxylic acids is 1. The second kappa shape index (κ2) is 7.61.